The van der Waals surface area contributed by atoms with Crippen LogP contribution in [0.3, 0.4) is 0 Å². The lowest BCUT2D eigenvalue weighted by Gasteiger charge is -2.16. The molecule has 2 aromatic carbocycles. The van der Waals surface area contributed by atoms with Crippen molar-refractivity contribution in [2.24, 2.45) is 0 Å². The van der Waals surface area contributed by atoms with E-state index in [2.05, 4.69) is 21.3 Å². The second kappa shape index (κ2) is 23.1. The van der Waals surface area contributed by atoms with Gasteiger partial charge >= 0.3 is 0 Å². The van der Waals surface area contributed by atoms with E-state index in [9.17, 15) is 9.59 Å². The maximum absolute atomic E-state index is 13.2. The SMILES string of the molecule is O=C(NCCOCCO)c1cc(-c2ccc(NCCOCCO)c(C(=O)NCCOCCO)c2)ccc1NCCOCCO. The van der Waals surface area contributed by atoms with Gasteiger partial charge in [-0.1, -0.05) is 12.1 Å². The van der Waals surface area contributed by atoms with E-state index in [4.69, 9.17) is 39.4 Å². The van der Waals surface area contributed by atoms with Crippen LogP contribution in [0.15, 0.2) is 36.4 Å². The first-order valence-electron chi connectivity index (χ1n) is 14.6. The maximum Gasteiger partial charge on any atom is 0.253 e. The number of nitrogens with one attached hydrogen (secondary N) is 4. The number of benzene rings is 2. The molecule has 0 radical (unpaired) electrons. The molecule has 0 aliphatic heterocycles. The number of hydrogen-bond donors (Lipinski definition) is 8. The Kier molecular flexibility index (Phi) is 19.3. The molecule has 0 unspecified atom stereocenters. The van der Waals surface area contributed by atoms with Crippen LogP contribution in [-0.2, 0) is 18.9 Å². The molecule has 0 atom stereocenters. The number of rotatable bonds is 25. The van der Waals surface area contributed by atoms with Gasteiger partial charge in [-0.15, -0.1) is 0 Å². The summed E-state index contributed by atoms with van der Waals surface area (Å²) < 4.78 is 21.1. The highest BCUT2D eigenvalue weighted by Crippen LogP contribution is 2.29. The second-order valence-corrected chi connectivity index (χ2v) is 9.23. The minimum absolute atomic E-state index is 0.0794. The van der Waals surface area contributed by atoms with Crippen LogP contribution in [0.1, 0.15) is 20.7 Å². The average molecular weight is 623 g/mol. The highest BCUT2D eigenvalue weighted by molar-refractivity contribution is 6.02. The monoisotopic (exact) mass is 622 g/mol. The van der Waals surface area contributed by atoms with E-state index in [-0.39, 0.29) is 91.0 Å². The van der Waals surface area contributed by atoms with Crippen molar-refractivity contribution in [3.8, 4) is 11.1 Å². The van der Waals surface area contributed by atoms with Gasteiger partial charge < -0.3 is 60.6 Å². The summed E-state index contributed by atoms with van der Waals surface area (Å²) in [6.07, 6.45) is 0. The predicted octanol–water partition coefficient (Wildman–Crippen LogP) is -0.327. The van der Waals surface area contributed by atoms with E-state index in [1.807, 2.05) is 12.1 Å². The number of carbonyl (C=O) groups excluding carboxylic acids is 2. The Morgan fingerprint density at radius 3 is 1.18 bits per heavy atom. The second-order valence-electron chi connectivity index (χ2n) is 9.23. The molecule has 0 saturated heterocycles. The summed E-state index contributed by atoms with van der Waals surface area (Å²) >= 11 is 0. The van der Waals surface area contributed by atoms with Crippen LogP contribution in [-0.4, -0.2) is 138 Å². The molecule has 8 N–H and O–H groups in total. The number of hydrogen-bond acceptors (Lipinski definition) is 12. The zero-order chi connectivity index (χ0) is 31.8. The van der Waals surface area contributed by atoms with Crippen molar-refractivity contribution in [3.63, 3.8) is 0 Å². The van der Waals surface area contributed by atoms with Gasteiger partial charge in [-0.3, -0.25) is 9.59 Å². The first kappa shape index (κ1) is 36.8. The van der Waals surface area contributed by atoms with Crippen LogP contribution in [0.25, 0.3) is 11.1 Å². The molecule has 2 rings (SSSR count). The minimum Gasteiger partial charge on any atom is -0.394 e. The normalized spacial score (nSPS) is 10.9. The van der Waals surface area contributed by atoms with Crippen molar-refractivity contribution in [1.82, 2.24) is 10.6 Å². The van der Waals surface area contributed by atoms with Crippen molar-refractivity contribution >= 4 is 23.2 Å². The molecule has 0 bridgehead atoms. The highest BCUT2D eigenvalue weighted by Gasteiger charge is 2.16. The largest absolute Gasteiger partial charge is 0.394 e. The molecule has 44 heavy (non-hydrogen) atoms. The van der Waals surface area contributed by atoms with Crippen LogP contribution in [0.4, 0.5) is 11.4 Å². The van der Waals surface area contributed by atoms with Gasteiger partial charge in [0, 0.05) is 37.6 Å². The summed E-state index contributed by atoms with van der Waals surface area (Å²) in [6.45, 7) is 2.89. The van der Waals surface area contributed by atoms with E-state index < -0.39 is 0 Å². The number of carbonyl (C=O) groups is 2. The van der Waals surface area contributed by atoms with Gasteiger partial charge in [-0.25, -0.2) is 0 Å². The smallest absolute Gasteiger partial charge is 0.253 e. The van der Waals surface area contributed by atoms with Gasteiger partial charge in [-0.05, 0) is 35.4 Å². The van der Waals surface area contributed by atoms with E-state index in [0.29, 0.717) is 59.9 Å². The third-order valence-corrected chi connectivity index (χ3v) is 5.99. The predicted molar refractivity (Wildman–Crippen MR) is 165 cm³/mol. The quantitative estimate of drug-likeness (QED) is 0.0672. The first-order valence-corrected chi connectivity index (χ1v) is 14.6. The Morgan fingerprint density at radius 1 is 0.500 bits per heavy atom. The van der Waals surface area contributed by atoms with Crippen molar-refractivity contribution in [1.29, 1.82) is 0 Å². The number of ether oxygens (including phenoxy) is 4. The van der Waals surface area contributed by atoms with Crippen LogP contribution in [0, 0.1) is 0 Å². The standard InChI is InChI=1S/C30H46N4O10/c35-9-17-41-13-5-31-27-3-1-23(21-25(27)29(39)33-7-15-43-19-11-37)24-2-4-28(32-6-14-42-18-10-36)26(22-24)30(40)34-8-16-44-20-12-38/h1-4,21-22,31-32,35-38H,5-20H2,(H,33,39)(H,34,40). The third-order valence-electron chi connectivity index (χ3n) is 5.99. The third kappa shape index (κ3) is 14.0. The first-order chi connectivity index (χ1) is 21.5. The van der Waals surface area contributed by atoms with Gasteiger partial charge in [0.1, 0.15) is 0 Å². The Labute approximate surface area is 257 Å². The highest BCUT2D eigenvalue weighted by atomic mass is 16.5. The molecule has 246 valence electrons. The van der Waals surface area contributed by atoms with Crippen LogP contribution < -0.4 is 21.3 Å². The molecule has 0 aliphatic rings. The summed E-state index contributed by atoms with van der Waals surface area (Å²) in [4.78, 5) is 26.4. The zero-order valence-corrected chi connectivity index (χ0v) is 25.0. The van der Waals surface area contributed by atoms with Crippen LogP contribution in [0.2, 0.25) is 0 Å². The molecular weight excluding hydrogens is 576 g/mol. The zero-order valence-electron chi connectivity index (χ0n) is 25.0. The minimum atomic E-state index is -0.333. The fourth-order valence-corrected chi connectivity index (χ4v) is 3.98. The lowest BCUT2D eigenvalue weighted by atomic mass is 9.98. The van der Waals surface area contributed by atoms with Crippen LogP contribution in [0.5, 0.6) is 0 Å². The Hall–Kier alpha value is -3.34. The Balaban J connectivity index is 2.30. The van der Waals surface area contributed by atoms with E-state index in [1.165, 1.54) is 0 Å². The summed E-state index contributed by atoms with van der Waals surface area (Å²) in [7, 11) is 0. The summed E-state index contributed by atoms with van der Waals surface area (Å²) in [6, 6.07) is 10.7. The molecule has 0 aliphatic carbocycles. The molecule has 0 aromatic heterocycles. The van der Waals surface area contributed by atoms with Gasteiger partial charge in [0.25, 0.3) is 11.8 Å². The summed E-state index contributed by atoms with van der Waals surface area (Å²) in [5.74, 6) is -0.666. The maximum atomic E-state index is 13.2. The topological polar surface area (TPSA) is 200 Å². The molecule has 0 saturated carbocycles. The molecule has 0 fully saturated rings. The summed E-state index contributed by atoms with van der Waals surface area (Å²) in [5.41, 5.74) is 3.32. The average Bonchev–Trinajstić information content (AvgIpc) is 3.04. The van der Waals surface area contributed by atoms with E-state index in [0.717, 1.165) is 0 Å². The molecule has 2 aromatic rings. The lowest BCUT2D eigenvalue weighted by Crippen LogP contribution is -2.29. The molecule has 2 amide bonds. The molecule has 14 heteroatoms. The lowest BCUT2D eigenvalue weighted by molar-refractivity contribution is 0.0834. The fraction of sp³-hybridized carbons (Fsp3) is 0.533. The van der Waals surface area contributed by atoms with Crippen molar-refractivity contribution in [2.75, 3.05) is 116 Å². The molecule has 0 spiro atoms. The summed E-state index contributed by atoms with van der Waals surface area (Å²) in [5, 5.41) is 47.6. The number of anilines is 2. The van der Waals surface area contributed by atoms with Gasteiger partial charge in [0.2, 0.25) is 0 Å². The number of aliphatic hydroxyl groups is 4. The van der Waals surface area contributed by atoms with Crippen molar-refractivity contribution < 1.29 is 49.0 Å². The molecule has 14 nitrogen and oxygen atoms in total. The fourth-order valence-electron chi connectivity index (χ4n) is 3.98. The van der Waals surface area contributed by atoms with Crippen LogP contribution >= 0.6 is 0 Å². The van der Waals surface area contributed by atoms with Gasteiger partial charge in [-0.2, -0.15) is 0 Å². The molecular formula is C30H46N4O10. The molecule has 0 heterocycles. The number of aliphatic hydroxyl groups excluding tert-OH is 4. The van der Waals surface area contributed by atoms with Gasteiger partial charge in [0.05, 0.1) is 90.4 Å². The Morgan fingerprint density at radius 2 is 0.841 bits per heavy atom. The van der Waals surface area contributed by atoms with E-state index in [1.54, 1.807) is 24.3 Å². The Bertz CT molecular complexity index is 1020. The van der Waals surface area contributed by atoms with Crippen molar-refractivity contribution in [2.45, 2.75) is 0 Å². The van der Waals surface area contributed by atoms with E-state index >= 15 is 0 Å². The van der Waals surface area contributed by atoms with Crippen molar-refractivity contribution in [3.05, 3.63) is 47.5 Å². The number of amides is 2. The van der Waals surface area contributed by atoms with Gasteiger partial charge in [0.15, 0.2) is 0 Å².